The van der Waals surface area contributed by atoms with E-state index in [1.165, 1.54) is 11.1 Å². The summed E-state index contributed by atoms with van der Waals surface area (Å²) < 4.78 is 14.3. The van der Waals surface area contributed by atoms with E-state index in [9.17, 15) is 14.6 Å². The smallest absolute Gasteiger partial charge is 0.127 e. The zero-order chi connectivity index (χ0) is 16.6. The molecule has 4 rings (SSSR count). The second-order valence-corrected chi connectivity index (χ2v) is 9.39. The van der Waals surface area contributed by atoms with Crippen molar-refractivity contribution in [3.63, 3.8) is 0 Å². The minimum Gasteiger partial charge on any atom is -0.393 e. The van der Waals surface area contributed by atoms with Gasteiger partial charge in [0.1, 0.15) is 6.17 Å². The van der Waals surface area contributed by atoms with Crippen LogP contribution in [0.4, 0.5) is 4.39 Å². The molecule has 0 aliphatic heterocycles. The Balaban J connectivity index is 1.73. The van der Waals surface area contributed by atoms with Gasteiger partial charge in [0.05, 0.1) is 12.2 Å². The average Bonchev–Trinajstić information content (AvgIpc) is 2.73. The van der Waals surface area contributed by atoms with E-state index in [1.54, 1.807) is 0 Å². The van der Waals surface area contributed by atoms with Crippen molar-refractivity contribution in [2.75, 3.05) is 0 Å². The van der Waals surface area contributed by atoms with Crippen LogP contribution < -0.4 is 0 Å². The number of aliphatic hydroxyl groups excluding tert-OH is 2. The fraction of sp³-hybridized carbons (Fsp3) is 0.900. The summed E-state index contributed by atoms with van der Waals surface area (Å²) in [6.07, 6.45) is 4.43. The lowest BCUT2D eigenvalue weighted by molar-refractivity contribution is -0.0779. The molecule has 4 aliphatic carbocycles. The summed E-state index contributed by atoms with van der Waals surface area (Å²) in [6, 6.07) is 0. The Bertz CT molecular complexity index is 544. The zero-order valence-corrected chi connectivity index (χ0v) is 14.7. The Kier molecular flexibility index (Phi) is 3.53. The molecule has 2 N–H and O–H groups in total. The third-order valence-corrected chi connectivity index (χ3v) is 8.37. The first kappa shape index (κ1) is 16.1. The second kappa shape index (κ2) is 5.05. The van der Waals surface area contributed by atoms with Crippen LogP contribution in [-0.4, -0.2) is 28.6 Å². The summed E-state index contributed by atoms with van der Waals surface area (Å²) in [7, 11) is 0. The van der Waals surface area contributed by atoms with Gasteiger partial charge in [-0.1, -0.05) is 25.0 Å². The summed E-state index contributed by atoms with van der Waals surface area (Å²) in [5.41, 5.74) is 2.89. The molecule has 0 aromatic rings. The summed E-state index contributed by atoms with van der Waals surface area (Å²) in [5.74, 6) is 1.42. The van der Waals surface area contributed by atoms with Crippen LogP contribution in [0.3, 0.4) is 0 Å². The molecule has 23 heavy (non-hydrogen) atoms. The molecule has 0 aromatic carbocycles. The Labute approximate surface area is 139 Å². The quantitative estimate of drug-likeness (QED) is 0.662. The van der Waals surface area contributed by atoms with Gasteiger partial charge in [-0.15, -0.1) is 0 Å². The molecule has 3 saturated carbocycles. The minimum atomic E-state index is -1.05. The zero-order valence-electron chi connectivity index (χ0n) is 14.7. The van der Waals surface area contributed by atoms with E-state index in [0.717, 1.165) is 38.5 Å². The molecule has 0 radical (unpaired) electrons. The van der Waals surface area contributed by atoms with E-state index in [0.29, 0.717) is 24.2 Å². The van der Waals surface area contributed by atoms with Gasteiger partial charge in [-0.25, -0.2) is 4.39 Å². The van der Waals surface area contributed by atoms with Gasteiger partial charge in [0.2, 0.25) is 0 Å². The van der Waals surface area contributed by atoms with E-state index in [4.69, 9.17) is 0 Å². The molecule has 1 unspecified atom stereocenters. The van der Waals surface area contributed by atoms with Crippen molar-refractivity contribution >= 4 is 0 Å². The molecular weight excluding hydrogens is 291 g/mol. The first-order chi connectivity index (χ1) is 10.8. The molecule has 0 spiro atoms. The maximum atomic E-state index is 14.3. The van der Waals surface area contributed by atoms with Gasteiger partial charge in [-0.3, -0.25) is 0 Å². The average molecular weight is 322 g/mol. The van der Waals surface area contributed by atoms with Crippen molar-refractivity contribution in [2.24, 2.45) is 28.6 Å². The number of aliphatic hydroxyl groups is 2. The first-order valence-electron chi connectivity index (χ1n) is 9.46. The van der Waals surface area contributed by atoms with E-state index in [1.807, 2.05) is 0 Å². The Morgan fingerprint density at radius 2 is 1.78 bits per heavy atom. The summed E-state index contributed by atoms with van der Waals surface area (Å²) >= 11 is 0. The van der Waals surface area contributed by atoms with Crippen LogP contribution in [0.2, 0.25) is 0 Å². The lowest BCUT2D eigenvalue weighted by atomic mass is 9.47. The largest absolute Gasteiger partial charge is 0.393 e. The highest BCUT2D eigenvalue weighted by Gasteiger charge is 2.61. The van der Waals surface area contributed by atoms with Crippen LogP contribution in [0.25, 0.3) is 0 Å². The van der Waals surface area contributed by atoms with E-state index in [2.05, 4.69) is 20.8 Å². The van der Waals surface area contributed by atoms with Crippen LogP contribution in [-0.2, 0) is 0 Å². The maximum absolute atomic E-state index is 14.3. The standard InChI is InChI=1S/C20H31FO2/c1-11-8-13-14(19(2)6-4-12(22)9-15(11)19)5-7-20(3)16(13)10-17(21)18(20)23/h12-14,16-18,22-23H,4-10H2,1-3H3/t12?,13-,14+,16+,17+,18-,19-,20+/m1/s1. The Morgan fingerprint density at radius 3 is 2.52 bits per heavy atom. The fourth-order valence-corrected chi connectivity index (χ4v) is 7.04. The predicted octanol–water partition coefficient (Wildman–Crippen LogP) is 4.01. The van der Waals surface area contributed by atoms with Crippen molar-refractivity contribution < 1.29 is 14.6 Å². The molecule has 0 bridgehead atoms. The van der Waals surface area contributed by atoms with Crippen molar-refractivity contribution in [3.05, 3.63) is 11.1 Å². The molecule has 130 valence electrons. The second-order valence-electron chi connectivity index (χ2n) is 9.39. The summed E-state index contributed by atoms with van der Waals surface area (Å²) in [4.78, 5) is 0. The fourth-order valence-electron chi connectivity index (χ4n) is 7.04. The van der Waals surface area contributed by atoms with E-state index in [-0.39, 0.29) is 16.9 Å². The molecule has 0 saturated heterocycles. The lowest BCUT2D eigenvalue weighted by Gasteiger charge is -2.58. The van der Waals surface area contributed by atoms with Crippen LogP contribution in [0, 0.1) is 28.6 Å². The van der Waals surface area contributed by atoms with Gasteiger partial charge in [-0.2, -0.15) is 0 Å². The molecule has 8 atom stereocenters. The lowest BCUT2D eigenvalue weighted by Crippen LogP contribution is -2.52. The molecule has 3 heteroatoms. The molecule has 0 heterocycles. The number of halogens is 1. The summed E-state index contributed by atoms with van der Waals surface area (Å²) in [5, 5.41) is 20.5. The van der Waals surface area contributed by atoms with Crippen LogP contribution in [0.5, 0.6) is 0 Å². The minimum absolute atomic E-state index is 0.179. The molecular formula is C20H31FO2. The third-order valence-electron chi connectivity index (χ3n) is 8.37. The monoisotopic (exact) mass is 322 g/mol. The molecule has 2 nitrogen and oxygen atoms in total. The predicted molar refractivity (Wildman–Crippen MR) is 88.6 cm³/mol. The maximum Gasteiger partial charge on any atom is 0.127 e. The van der Waals surface area contributed by atoms with Crippen LogP contribution >= 0.6 is 0 Å². The topological polar surface area (TPSA) is 40.5 Å². The van der Waals surface area contributed by atoms with Gasteiger partial charge in [-0.05, 0) is 80.5 Å². The number of rotatable bonds is 0. The number of hydrogen-bond donors (Lipinski definition) is 2. The van der Waals surface area contributed by atoms with Crippen LogP contribution in [0.15, 0.2) is 11.1 Å². The first-order valence-corrected chi connectivity index (χ1v) is 9.46. The van der Waals surface area contributed by atoms with Gasteiger partial charge in [0, 0.05) is 0 Å². The number of fused-ring (bicyclic) bond motifs is 5. The number of allylic oxidation sites excluding steroid dienone is 1. The Hall–Kier alpha value is -0.410. The molecule has 4 aliphatic rings. The highest BCUT2D eigenvalue weighted by atomic mass is 19.1. The summed E-state index contributed by atoms with van der Waals surface area (Å²) in [6.45, 7) is 6.75. The van der Waals surface area contributed by atoms with E-state index < -0.39 is 12.3 Å². The van der Waals surface area contributed by atoms with Gasteiger partial charge in [0.25, 0.3) is 0 Å². The number of alkyl halides is 1. The van der Waals surface area contributed by atoms with Crippen LogP contribution in [0.1, 0.15) is 65.7 Å². The molecule has 0 aromatic heterocycles. The SMILES string of the molecule is CC1=C2CC(O)CC[C@]2(C)[C@H]2CC[C@]3(C)[C@H](O)[C@@H](F)C[C@H]3[C@@H]2C1. The van der Waals surface area contributed by atoms with Crippen molar-refractivity contribution in [1.82, 2.24) is 0 Å². The van der Waals surface area contributed by atoms with Gasteiger partial charge >= 0.3 is 0 Å². The van der Waals surface area contributed by atoms with E-state index >= 15 is 0 Å². The Morgan fingerprint density at radius 1 is 1.04 bits per heavy atom. The number of hydrogen-bond acceptors (Lipinski definition) is 2. The normalized spacial score (nSPS) is 56.1. The highest BCUT2D eigenvalue weighted by Crippen LogP contribution is 2.66. The third kappa shape index (κ3) is 2.05. The van der Waals surface area contributed by atoms with Gasteiger partial charge in [0.15, 0.2) is 0 Å². The molecule has 3 fully saturated rings. The highest BCUT2D eigenvalue weighted by molar-refractivity contribution is 5.30. The van der Waals surface area contributed by atoms with Crippen molar-refractivity contribution in [3.8, 4) is 0 Å². The van der Waals surface area contributed by atoms with Crippen molar-refractivity contribution in [2.45, 2.75) is 84.1 Å². The molecule has 0 amide bonds. The van der Waals surface area contributed by atoms with Gasteiger partial charge < -0.3 is 10.2 Å². The van der Waals surface area contributed by atoms with Crippen molar-refractivity contribution in [1.29, 1.82) is 0 Å².